The Hall–Kier alpha value is -3.13. The van der Waals surface area contributed by atoms with E-state index in [1.54, 1.807) is 30.7 Å². The molecule has 8 heteroatoms. The van der Waals surface area contributed by atoms with E-state index in [9.17, 15) is 13.2 Å². The molecule has 33 heavy (non-hydrogen) atoms. The summed E-state index contributed by atoms with van der Waals surface area (Å²) < 4.78 is 32.6. The lowest BCUT2D eigenvalue weighted by molar-refractivity contribution is 0.0994. The smallest absolute Gasteiger partial charge is 0.238 e. The molecule has 3 aromatic heterocycles. The summed E-state index contributed by atoms with van der Waals surface area (Å²) >= 11 is 0. The van der Waals surface area contributed by atoms with Gasteiger partial charge in [0, 0.05) is 35.2 Å². The quantitative estimate of drug-likeness (QED) is 0.375. The molecule has 0 bridgehead atoms. The number of ether oxygens (including phenoxy) is 1. The molecule has 0 saturated heterocycles. The summed E-state index contributed by atoms with van der Waals surface area (Å²) in [4.78, 5) is 20.7. The summed E-state index contributed by atoms with van der Waals surface area (Å²) in [6.07, 6.45) is 10.4. The number of hydrogen-bond acceptors (Lipinski definition) is 5. The Kier molecular flexibility index (Phi) is 5.70. The van der Waals surface area contributed by atoms with Gasteiger partial charge in [0.2, 0.25) is 10.0 Å². The molecule has 0 unspecified atom stereocenters. The van der Waals surface area contributed by atoms with Crippen LogP contribution in [0.5, 0.6) is 5.75 Å². The highest BCUT2D eigenvalue weighted by Crippen LogP contribution is 2.28. The van der Waals surface area contributed by atoms with Crippen LogP contribution in [-0.4, -0.2) is 40.0 Å². The molecule has 1 fully saturated rings. The molecule has 7 nitrogen and oxygen atoms in total. The van der Waals surface area contributed by atoms with Crippen LogP contribution in [0.2, 0.25) is 0 Å². The minimum atomic E-state index is -3.42. The normalized spacial score (nSPS) is 14.9. The Morgan fingerprint density at radius 2 is 2.03 bits per heavy atom. The van der Waals surface area contributed by atoms with Crippen LogP contribution in [-0.2, 0) is 16.4 Å². The zero-order valence-corrected chi connectivity index (χ0v) is 19.4. The number of carbonyl (C=O) groups excluding carboxylic acids is 1. The zero-order valence-electron chi connectivity index (χ0n) is 18.6. The Bertz CT molecular complexity index is 1430. The first-order valence-corrected chi connectivity index (χ1v) is 13.1. The van der Waals surface area contributed by atoms with Gasteiger partial charge >= 0.3 is 0 Å². The molecule has 0 aliphatic heterocycles. The van der Waals surface area contributed by atoms with Gasteiger partial charge in [0.25, 0.3) is 0 Å². The number of ketones is 1. The van der Waals surface area contributed by atoms with Crippen molar-refractivity contribution in [3.63, 3.8) is 0 Å². The topological polar surface area (TPSA) is 94.1 Å². The van der Waals surface area contributed by atoms with Crippen molar-refractivity contribution in [2.75, 3.05) is 5.75 Å². The average molecular weight is 466 g/mol. The number of rotatable bonds is 8. The second-order valence-electron chi connectivity index (χ2n) is 8.71. The maximum atomic E-state index is 13.2. The van der Waals surface area contributed by atoms with Gasteiger partial charge in [-0.2, -0.15) is 0 Å². The van der Waals surface area contributed by atoms with E-state index in [1.807, 2.05) is 25.1 Å². The lowest BCUT2D eigenvalue weighted by Crippen LogP contribution is -2.15. The molecule has 1 aliphatic rings. The number of aromatic amines is 1. The highest BCUT2D eigenvalue weighted by Gasteiger charge is 2.20. The lowest BCUT2D eigenvalue weighted by Gasteiger charge is -2.12. The molecule has 5 rings (SSSR count). The van der Waals surface area contributed by atoms with Gasteiger partial charge in [-0.1, -0.05) is 19.1 Å². The van der Waals surface area contributed by atoms with Crippen LogP contribution in [0.15, 0.2) is 48.9 Å². The van der Waals surface area contributed by atoms with E-state index in [0.29, 0.717) is 28.9 Å². The van der Waals surface area contributed by atoms with Gasteiger partial charge in [-0.3, -0.25) is 4.79 Å². The van der Waals surface area contributed by atoms with Crippen molar-refractivity contribution in [1.82, 2.24) is 13.9 Å². The highest BCUT2D eigenvalue weighted by molar-refractivity contribution is 7.90. The van der Waals surface area contributed by atoms with E-state index in [4.69, 9.17) is 4.74 Å². The predicted molar refractivity (Wildman–Crippen MR) is 128 cm³/mol. The lowest BCUT2D eigenvalue weighted by atomic mass is 10.0. The number of carbonyl (C=O) groups is 1. The van der Waals surface area contributed by atoms with Crippen molar-refractivity contribution in [2.24, 2.45) is 0 Å². The Morgan fingerprint density at radius 3 is 2.82 bits per heavy atom. The number of pyridine rings is 1. The molecule has 1 aliphatic carbocycles. The van der Waals surface area contributed by atoms with E-state index in [-0.39, 0.29) is 24.1 Å². The van der Waals surface area contributed by atoms with Gasteiger partial charge in [0.1, 0.15) is 11.4 Å². The maximum Gasteiger partial charge on any atom is 0.238 e. The van der Waals surface area contributed by atoms with E-state index in [1.165, 1.54) is 16.8 Å². The van der Waals surface area contributed by atoms with Gasteiger partial charge in [-0.25, -0.2) is 17.4 Å². The molecule has 172 valence electrons. The number of fused-ring (bicyclic) bond motifs is 2. The molecule has 0 spiro atoms. The molecule has 0 amide bonds. The minimum Gasteiger partial charge on any atom is -0.489 e. The van der Waals surface area contributed by atoms with Crippen molar-refractivity contribution in [2.45, 2.75) is 51.6 Å². The van der Waals surface area contributed by atoms with Gasteiger partial charge < -0.3 is 9.72 Å². The van der Waals surface area contributed by atoms with Crippen molar-refractivity contribution < 1.29 is 17.9 Å². The Morgan fingerprint density at radius 1 is 1.21 bits per heavy atom. The first kappa shape index (κ1) is 21.7. The fourth-order valence-electron chi connectivity index (χ4n) is 4.62. The van der Waals surface area contributed by atoms with Crippen molar-refractivity contribution >= 4 is 37.7 Å². The number of hydrogen-bond donors (Lipinski definition) is 1. The van der Waals surface area contributed by atoms with Crippen molar-refractivity contribution in [3.05, 3.63) is 60.0 Å². The number of nitrogens with zero attached hydrogens (tertiary/aromatic N) is 2. The fraction of sp³-hybridized carbons (Fsp3) is 0.360. The highest BCUT2D eigenvalue weighted by atomic mass is 32.2. The number of aromatic nitrogens is 3. The molecule has 1 N–H and O–H groups in total. The van der Waals surface area contributed by atoms with Gasteiger partial charge in [0.15, 0.2) is 5.78 Å². The van der Waals surface area contributed by atoms with E-state index in [0.717, 1.165) is 29.2 Å². The van der Waals surface area contributed by atoms with Crippen LogP contribution < -0.4 is 4.74 Å². The first-order valence-electron chi connectivity index (χ1n) is 11.4. The Balaban J connectivity index is 1.42. The molecule has 0 atom stereocenters. The standard InChI is InChI=1S/C25H27N3O4S/c1-2-11-33(30,31)28-10-9-18-8-7-17(12-23(18)28)13-24(29)22-16-27-25-21(22)14-20(15-26-25)32-19-5-3-4-6-19/h7-10,12,14-16,19H,2-6,11,13H2,1H3,(H,26,27). The monoisotopic (exact) mass is 465 g/mol. The summed E-state index contributed by atoms with van der Waals surface area (Å²) in [5.74, 6) is 0.700. The maximum absolute atomic E-state index is 13.2. The third-order valence-corrected chi connectivity index (χ3v) is 8.10. The summed E-state index contributed by atoms with van der Waals surface area (Å²) in [5.41, 5.74) is 2.57. The van der Waals surface area contributed by atoms with E-state index >= 15 is 0 Å². The molecular weight excluding hydrogens is 438 g/mol. The van der Waals surface area contributed by atoms with Crippen LogP contribution in [0.1, 0.15) is 54.9 Å². The van der Waals surface area contributed by atoms with Crippen LogP contribution in [0.3, 0.4) is 0 Å². The van der Waals surface area contributed by atoms with Crippen molar-refractivity contribution in [3.8, 4) is 5.75 Å². The predicted octanol–water partition coefficient (Wildman–Crippen LogP) is 4.85. The van der Waals surface area contributed by atoms with E-state index in [2.05, 4.69) is 9.97 Å². The molecular formula is C25H27N3O4S. The fourth-order valence-corrected chi connectivity index (χ4v) is 6.03. The molecule has 3 heterocycles. The second-order valence-corrected chi connectivity index (χ2v) is 10.7. The third-order valence-electron chi connectivity index (χ3n) is 6.26. The zero-order chi connectivity index (χ0) is 23.0. The molecule has 1 aromatic carbocycles. The van der Waals surface area contributed by atoms with Crippen LogP contribution in [0.4, 0.5) is 0 Å². The largest absolute Gasteiger partial charge is 0.489 e. The minimum absolute atomic E-state index is 0.0602. The summed E-state index contributed by atoms with van der Waals surface area (Å²) in [7, 11) is -3.42. The average Bonchev–Trinajstić information content (AvgIpc) is 3.53. The number of H-pyrrole nitrogens is 1. The van der Waals surface area contributed by atoms with Crippen LogP contribution in [0, 0.1) is 0 Å². The number of benzene rings is 1. The van der Waals surface area contributed by atoms with Crippen LogP contribution in [0.25, 0.3) is 21.9 Å². The van der Waals surface area contributed by atoms with Gasteiger partial charge in [-0.15, -0.1) is 0 Å². The third kappa shape index (κ3) is 4.27. The first-order chi connectivity index (χ1) is 15.9. The van der Waals surface area contributed by atoms with E-state index < -0.39 is 10.0 Å². The summed E-state index contributed by atoms with van der Waals surface area (Å²) in [6, 6.07) is 9.20. The van der Waals surface area contributed by atoms with Gasteiger partial charge in [-0.05, 0) is 55.9 Å². The summed E-state index contributed by atoms with van der Waals surface area (Å²) in [6.45, 7) is 1.84. The SMILES string of the molecule is CCCS(=O)(=O)n1ccc2ccc(CC(=O)c3c[nH]c4ncc(OC5CCCC5)cc34)cc21. The van der Waals surface area contributed by atoms with Crippen LogP contribution >= 0.6 is 0 Å². The van der Waals surface area contributed by atoms with Gasteiger partial charge in [0.05, 0.1) is 23.6 Å². The summed E-state index contributed by atoms with van der Waals surface area (Å²) in [5, 5.41) is 1.57. The second kappa shape index (κ2) is 8.67. The Labute approximate surface area is 192 Å². The molecule has 0 radical (unpaired) electrons. The number of nitrogens with one attached hydrogen (secondary N) is 1. The number of Topliss-reactive ketones (excluding diaryl/α,β-unsaturated/α-hetero) is 1. The molecule has 4 aromatic rings. The molecule has 1 saturated carbocycles. The van der Waals surface area contributed by atoms with Crippen molar-refractivity contribution in [1.29, 1.82) is 0 Å².